The van der Waals surface area contributed by atoms with Crippen LogP contribution in [0.25, 0.3) is 0 Å². The first-order valence-electron chi connectivity index (χ1n) is 7.73. The molecule has 0 amide bonds. The van der Waals surface area contributed by atoms with Crippen LogP contribution >= 0.6 is 0 Å². The Kier molecular flexibility index (Phi) is 2.22. The van der Waals surface area contributed by atoms with Gasteiger partial charge in [-0.25, -0.2) is 0 Å². The summed E-state index contributed by atoms with van der Waals surface area (Å²) >= 11 is 0. The van der Waals surface area contributed by atoms with E-state index in [0.29, 0.717) is 11.8 Å². The van der Waals surface area contributed by atoms with Gasteiger partial charge in [-0.05, 0) is 30.2 Å². The maximum absolute atomic E-state index is 4.90. The standard InChI is InChI=1S/C18H22N2/c1-4-17-14-11-8-12-15(14)18(20-19-17,16(17,2)3)13-9-6-5-7-10-13/h4-7,9-10,14-15H,1,8,11-12H2,2-3H3. The lowest BCUT2D eigenvalue weighted by molar-refractivity contribution is 0.164. The van der Waals surface area contributed by atoms with Crippen LogP contribution in [0.1, 0.15) is 38.7 Å². The van der Waals surface area contributed by atoms with Crippen molar-refractivity contribution in [3.63, 3.8) is 0 Å². The summed E-state index contributed by atoms with van der Waals surface area (Å²) in [6.07, 6.45) is 5.95. The smallest absolute Gasteiger partial charge is 0.117 e. The van der Waals surface area contributed by atoms with Crippen molar-refractivity contribution in [1.82, 2.24) is 0 Å². The minimum Gasteiger partial charge on any atom is -0.181 e. The van der Waals surface area contributed by atoms with Crippen LogP contribution in [0.4, 0.5) is 0 Å². The van der Waals surface area contributed by atoms with Crippen LogP contribution in [0.3, 0.4) is 0 Å². The maximum Gasteiger partial charge on any atom is 0.117 e. The number of hydrogen-bond acceptors (Lipinski definition) is 2. The van der Waals surface area contributed by atoms with E-state index in [1.54, 1.807) is 0 Å². The zero-order chi connectivity index (χ0) is 14.0. The fourth-order valence-corrected chi connectivity index (χ4v) is 5.55. The van der Waals surface area contributed by atoms with Crippen LogP contribution < -0.4 is 0 Å². The molecular formula is C18H22N2. The molecular weight excluding hydrogens is 244 g/mol. The summed E-state index contributed by atoms with van der Waals surface area (Å²) in [5, 5.41) is 9.70. The topological polar surface area (TPSA) is 24.7 Å². The lowest BCUT2D eigenvalue weighted by atomic mass is 9.63. The van der Waals surface area contributed by atoms with Crippen LogP contribution in [-0.4, -0.2) is 5.54 Å². The molecule has 1 aliphatic heterocycles. The Balaban J connectivity index is 2.00. The third kappa shape index (κ3) is 1.02. The molecule has 2 saturated carbocycles. The van der Waals surface area contributed by atoms with Gasteiger partial charge in [0.1, 0.15) is 11.1 Å². The Morgan fingerprint density at radius 3 is 2.50 bits per heavy atom. The summed E-state index contributed by atoms with van der Waals surface area (Å²) in [4.78, 5) is 0. The van der Waals surface area contributed by atoms with Gasteiger partial charge in [-0.3, -0.25) is 0 Å². The largest absolute Gasteiger partial charge is 0.181 e. The summed E-state index contributed by atoms with van der Waals surface area (Å²) in [6.45, 7) is 8.83. The first kappa shape index (κ1) is 12.3. The van der Waals surface area contributed by atoms with E-state index in [9.17, 15) is 0 Å². The molecule has 2 fully saturated rings. The summed E-state index contributed by atoms with van der Waals surface area (Å²) in [5.41, 5.74) is 1.04. The monoisotopic (exact) mass is 266 g/mol. The Morgan fingerprint density at radius 1 is 1.10 bits per heavy atom. The fourth-order valence-electron chi connectivity index (χ4n) is 5.55. The minimum atomic E-state index is -0.163. The summed E-state index contributed by atoms with van der Waals surface area (Å²) in [5.74, 6) is 1.24. The van der Waals surface area contributed by atoms with Crippen molar-refractivity contribution in [2.75, 3.05) is 0 Å². The van der Waals surface area contributed by atoms with Gasteiger partial charge in [-0.2, -0.15) is 10.2 Å². The molecule has 0 aromatic heterocycles. The van der Waals surface area contributed by atoms with E-state index in [1.807, 2.05) is 0 Å². The minimum absolute atomic E-state index is 0.0128. The zero-order valence-corrected chi connectivity index (χ0v) is 12.3. The highest BCUT2D eigenvalue weighted by molar-refractivity contribution is 5.42. The molecule has 104 valence electrons. The Hall–Kier alpha value is -1.44. The molecule has 2 bridgehead atoms. The predicted octanol–water partition coefficient (Wildman–Crippen LogP) is 4.73. The van der Waals surface area contributed by atoms with Gasteiger partial charge < -0.3 is 0 Å². The van der Waals surface area contributed by atoms with Crippen LogP contribution in [0, 0.1) is 17.3 Å². The van der Waals surface area contributed by atoms with E-state index >= 15 is 0 Å². The van der Waals surface area contributed by atoms with Gasteiger partial charge in [0.05, 0.1) is 0 Å². The van der Waals surface area contributed by atoms with Crippen LogP contribution in [0.15, 0.2) is 53.2 Å². The van der Waals surface area contributed by atoms with E-state index in [0.717, 1.165) is 0 Å². The lowest BCUT2D eigenvalue weighted by Gasteiger charge is -2.40. The molecule has 3 aliphatic rings. The molecule has 2 heteroatoms. The molecule has 2 aliphatic carbocycles. The number of azo groups is 1. The normalized spacial score (nSPS) is 43.7. The summed E-state index contributed by atoms with van der Waals surface area (Å²) < 4.78 is 0. The SMILES string of the molecule is C=CC12N=NC(c3ccccc3)(C3CCCC31)C2(C)C. The van der Waals surface area contributed by atoms with Crippen molar-refractivity contribution < 1.29 is 0 Å². The molecule has 0 radical (unpaired) electrons. The Morgan fingerprint density at radius 2 is 1.80 bits per heavy atom. The average molecular weight is 266 g/mol. The maximum atomic E-state index is 4.90. The molecule has 4 unspecified atom stereocenters. The molecule has 1 heterocycles. The van der Waals surface area contributed by atoms with Crippen molar-refractivity contribution >= 4 is 0 Å². The van der Waals surface area contributed by atoms with Gasteiger partial charge >= 0.3 is 0 Å². The van der Waals surface area contributed by atoms with Crippen molar-refractivity contribution in [2.24, 2.45) is 27.5 Å². The number of nitrogens with zero attached hydrogens (tertiary/aromatic N) is 2. The lowest BCUT2D eigenvalue weighted by Crippen LogP contribution is -2.45. The summed E-state index contributed by atoms with van der Waals surface area (Å²) in [6, 6.07) is 10.8. The van der Waals surface area contributed by atoms with Crippen molar-refractivity contribution in [3.8, 4) is 0 Å². The predicted molar refractivity (Wildman–Crippen MR) is 80.5 cm³/mol. The second-order valence-corrected chi connectivity index (χ2v) is 7.13. The van der Waals surface area contributed by atoms with Crippen molar-refractivity contribution in [3.05, 3.63) is 48.6 Å². The molecule has 1 aromatic rings. The second kappa shape index (κ2) is 3.60. The van der Waals surface area contributed by atoms with Gasteiger partial charge in [0.2, 0.25) is 0 Å². The first-order valence-corrected chi connectivity index (χ1v) is 7.73. The number of benzene rings is 1. The molecule has 1 aromatic carbocycles. The molecule has 4 rings (SSSR count). The fraction of sp³-hybridized carbons (Fsp3) is 0.556. The van der Waals surface area contributed by atoms with E-state index in [2.05, 4.69) is 56.8 Å². The highest BCUT2D eigenvalue weighted by Gasteiger charge is 2.76. The quantitative estimate of drug-likeness (QED) is 0.691. The zero-order valence-electron chi connectivity index (χ0n) is 12.3. The van der Waals surface area contributed by atoms with E-state index in [4.69, 9.17) is 10.2 Å². The van der Waals surface area contributed by atoms with Gasteiger partial charge in [0, 0.05) is 5.41 Å². The Labute approximate surface area is 121 Å². The van der Waals surface area contributed by atoms with E-state index in [-0.39, 0.29) is 16.5 Å². The Bertz CT molecular complexity index is 589. The number of rotatable bonds is 2. The van der Waals surface area contributed by atoms with Crippen LogP contribution in [0.2, 0.25) is 0 Å². The van der Waals surface area contributed by atoms with Gasteiger partial charge in [0.25, 0.3) is 0 Å². The molecule has 0 saturated heterocycles. The van der Waals surface area contributed by atoms with Gasteiger partial charge in [-0.1, -0.05) is 56.7 Å². The highest BCUT2D eigenvalue weighted by atomic mass is 15.3. The molecule has 2 nitrogen and oxygen atoms in total. The second-order valence-electron chi connectivity index (χ2n) is 7.13. The average Bonchev–Trinajstić information content (AvgIpc) is 3.07. The van der Waals surface area contributed by atoms with Crippen molar-refractivity contribution in [1.29, 1.82) is 0 Å². The molecule has 4 atom stereocenters. The molecule has 0 N–H and O–H groups in total. The summed E-state index contributed by atoms with van der Waals surface area (Å²) in [7, 11) is 0. The first-order chi connectivity index (χ1) is 9.60. The van der Waals surface area contributed by atoms with E-state index < -0.39 is 0 Å². The van der Waals surface area contributed by atoms with Crippen molar-refractivity contribution in [2.45, 2.75) is 44.2 Å². The molecule has 20 heavy (non-hydrogen) atoms. The number of fused-ring (bicyclic) bond motifs is 5. The third-order valence-electron chi connectivity index (χ3n) is 6.47. The highest BCUT2D eigenvalue weighted by Crippen LogP contribution is 2.74. The van der Waals surface area contributed by atoms with Gasteiger partial charge in [0.15, 0.2) is 0 Å². The van der Waals surface area contributed by atoms with Crippen LogP contribution in [-0.2, 0) is 5.54 Å². The van der Waals surface area contributed by atoms with E-state index in [1.165, 1.54) is 24.8 Å². The number of hydrogen-bond donors (Lipinski definition) is 0. The van der Waals surface area contributed by atoms with Gasteiger partial charge in [-0.15, -0.1) is 6.58 Å². The molecule has 0 spiro atoms. The van der Waals surface area contributed by atoms with Crippen LogP contribution in [0.5, 0.6) is 0 Å². The third-order valence-corrected chi connectivity index (χ3v) is 6.47.